The number of aromatic nitrogens is 1. The number of hydrogen-bond donors (Lipinski definition) is 4. The average Bonchev–Trinajstić information content (AvgIpc) is 3.82. The number of amides is 5. The molecular weight excluding hydrogens is 612 g/mol. The Hall–Kier alpha value is -4.32. The van der Waals surface area contributed by atoms with E-state index in [4.69, 9.17) is 4.74 Å². The molecule has 4 rings (SSSR count). The number of hydrogen-bond acceptors (Lipinski definition) is 7. The van der Waals surface area contributed by atoms with Gasteiger partial charge in [-0.3, -0.25) is 24.2 Å². The second-order valence-corrected chi connectivity index (χ2v) is 13.9. The van der Waals surface area contributed by atoms with Crippen LogP contribution in [0.15, 0.2) is 54.9 Å². The molecule has 0 saturated carbocycles. The fourth-order valence-corrected chi connectivity index (χ4v) is 5.89. The van der Waals surface area contributed by atoms with Crippen molar-refractivity contribution in [2.24, 2.45) is 17.8 Å². The summed E-state index contributed by atoms with van der Waals surface area (Å²) in [6.07, 6.45) is 5.19. The number of pyridine rings is 1. The minimum absolute atomic E-state index is 0.0670. The molecule has 1 aromatic heterocycles. The molecule has 4 atom stereocenters. The Morgan fingerprint density at radius 1 is 0.833 bits per heavy atom. The van der Waals surface area contributed by atoms with Crippen molar-refractivity contribution in [3.8, 4) is 0 Å². The van der Waals surface area contributed by atoms with Gasteiger partial charge in [-0.25, -0.2) is 4.79 Å². The van der Waals surface area contributed by atoms with Crippen molar-refractivity contribution in [2.45, 2.75) is 90.4 Å². The van der Waals surface area contributed by atoms with Gasteiger partial charge in [0.15, 0.2) is 5.78 Å². The van der Waals surface area contributed by atoms with Gasteiger partial charge in [0.25, 0.3) is 0 Å². The lowest BCUT2D eigenvalue weighted by Gasteiger charge is -2.33. The van der Waals surface area contributed by atoms with Gasteiger partial charge in [0.1, 0.15) is 17.7 Å². The third-order valence-corrected chi connectivity index (χ3v) is 8.78. The molecular formula is C36H50N6O6. The second-order valence-electron chi connectivity index (χ2n) is 13.9. The summed E-state index contributed by atoms with van der Waals surface area (Å²) in [6.45, 7) is 10.6. The molecule has 12 heteroatoms. The van der Waals surface area contributed by atoms with Gasteiger partial charge < -0.3 is 30.9 Å². The van der Waals surface area contributed by atoms with Gasteiger partial charge in [0.05, 0.1) is 12.6 Å². The Morgan fingerprint density at radius 2 is 1.40 bits per heavy atom. The van der Waals surface area contributed by atoms with Crippen molar-refractivity contribution in [3.63, 3.8) is 0 Å². The molecule has 0 aliphatic carbocycles. The minimum Gasteiger partial charge on any atom is -0.361 e. The van der Waals surface area contributed by atoms with Gasteiger partial charge in [-0.1, -0.05) is 58.0 Å². The van der Waals surface area contributed by atoms with E-state index >= 15 is 0 Å². The number of ether oxygens (including phenoxy) is 1. The van der Waals surface area contributed by atoms with Gasteiger partial charge >= 0.3 is 6.03 Å². The van der Waals surface area contributed by atoms with Crippen LogP contribution in [0, 0.1) is 17.8 Å². The van der Waals surface area contributed by atoms with Crippen LogP contribution in [0.5, 0.6) is 0 Å². The maximum absolute atomic E-state index is 13.8. The number of carbonyl (C=O) groups excluding carboxylic acids is 5. The zero-order valence-electron chi connectivity index (χ0n) is 28.7. The number of epoxide rings is 1. The molecule has 3 heterocycles. The predicted molar refractivity (Wildman–Crippen MR) is 182 cm³/mol. The van der Waals surface area contributed by atoms with Crippen molar-refractivity contribution in [2.75, 3.05) is 25.0 Å². The summed E-state index contributed by atoms with van der Waals surface area (Å²) in [5.74, 6) is -1.28. The van der Waals surface area contributed by atoms with E-state index in [9.17, 15) is 24.0 Å². The fraction of sp³-hybridized carbons (Fsp3) is 0.556. The summed E-state index contributed by atoms with van der Waals surface area (Å²) in [5.41, 5.74) is 0.600. The van der Waals surface area contributed by atoms with E-state index in [2.05, 4.69) is 26.3 Å². The van der Waals surface area contributed by atoms with Gasteiger partial charge in [0, 0.05) is 43.5 Å². The molecule has 4 N–H and O–H groups in total. The van der Waals surface area contributed by atoms with E-state index in [0.29, 0.717) is 51.1 Å². The van der Waals surface area contributed by atoms with Gasteiger partial charge in [-0.2, -0.15) is 0 Å². The number of likely N-dealkylation sites (tertiary alicyclic amines) is 1. The molecule has 0 spiro atoms. The van der Waals surface area contributed by atoms with Crippen molar-refractivity contribution in [1.29, 1.82) is 0 Å². The van der Waals surface area contributed by atoms with E-state index in [0.717, 1.165) is 5.56 Å². The van der Waals surface area contributed by atoms with E-state index in [1.807, 2.05) is 58.0 Å². The van der Waals surface area contributed by atoms with Crippen LogP contribution in [-0.2, 0) is 30.3 Å². The van der Waals surface area contributed by atoms with Crippen molar-refractivity contribution < 1.29 is 28.7 Å². The van der Waals surface area contributed by atoms with E-state index < -0.39 is 41.6 Å². The van der Waals surface area contributed by atoms with Gasteiger partial charge in [0.2, 0.25) is 17.7 Å². The Kier molecular flexibility index (Phi) is 12.7. The van der Waals surface area contributed by atoms with Crippen LogP contribution >= 0.6 is 0 Å². The smallest absolute Gasteiger partial charge is 0.318 e. The summed E-state index contributed by atoms with van der Waals surface area (Å²) < 4.78 is 5.38. The van der Waals surface area contributed by atoms with Crippen LogP contribution in [0.3, 0.4) is 0 Å². The van der Waals surface area contributed by atoms with Crippen LogP contribution < -0.4 is 21.3 Å². The molecule has 1 aromatic carbocycles. The van der Waals surface area contributed by atoms with Crippen LogP contribution in [0.2, 0.25) is 0 Å². The molecule has 2 aliphatic heterocycles. The van der Waals surface area contributed by atoms with Crippen molar-refractivity contribution >= 4 is 35.2 Å². The molecule has 260 valence electrons. The highest BCUT2D eigenvalue weighted by molar-refractivity contribution is 5.98. The summed E-state index contributed by atoms with van der Waals surface area (Å²) in [7, 11) is 0. The van der Waals surface area contributed by atoms with E-state index in [-0.39, 0.29) is 35.9 Å². The van der Waals surface area contributed by atoms with E-state index in [1.54, 1.807) is 36.4 Å². The lowest BCUT2D eigenvalue weighted by Crippen LogP contribution is -2.58. The Balaban J connectivity index is 1.41. The molecule has 48 heavy (non-hydrogen) atoms. The largest absolute Gasteiger partial charge is 0.361 e. The molecule has 0 bridgehead atoms. The standard InChI is InChI=1S/C36H50N6O6/c1-23(2)19-28(31(43)36(5)22-48-36)39-34(46)30(21-25-9-7-6-8-10-25)40-33(45)29(20-24(3)4)41-35(47)42-17-13-26(14-18-42)32(44)38-27-11-15-37-16-12-27/h6-12,15-16,23-24,26,28-30H,13-14,17-22H2,1-5H3,(H,39,46)(H,40,45)(H,41,47)(H,37,38,44)/t28-,29-,30-,36+/m0/s1. The number of urea groups is 1. The number of anilines is 1. The minimum atomic E-state index is -0.989. The summed E-state index contributed by atoms with van der Waals surface area (Å²) >= 11 is 0. The highest BCUT2D eigenvalue weighted by Crippen LogP contribution is 2.30. The van der Waals surface area contributed by atoms with Crippen LogP contribution in [0.4, 0.5) is 10.5 Å². The molecule has 5 amide bonds. The number of nitrogens with one attached hydrogen (secondary N) is 4. The molecule has 2 fully saturated rings. The third-order valence-electron chi connectivity index (χ3n) is 8.78. The summed E-state index contributed by atoms with van der Waals surface area (Å²) in [5, 5.41) is 11.6. The number of nitrogens with zero attached hydrogens (tertiary/aromatic N) is 2. The number of Topliss-reactive ketones (excluding diaryl/α,β-unsaturated/α-hetero) is 1. The lowest BCUT2D eigenvalue weighted by molar-refractivity contribution is -0.133. The topological polar surface area (TPSA) is 162 Å². The zero-order chi connectivity index (χ0) is 34.8. The lowest BCUT2D eigenvalue weighted by atomic mass is 9.93. The number of piperidine rings is 1. The normalized spacial score (nSPS) is 19.6. The quantitative estimate of drug-likeness (QED) is 0.212. The molecule has 0 unspecified atom stereocenters. The fourth-order valence-electron chi connectivity index (χ4n) is 5.89. The zero-order valence-corrected chi connectivity index (χ0v) is 28.7. The van der Waals surface area contributed by atoms with Crippen molar-refractivity contribution in [3.05, 3.63) is 60.4 Å². The highest BCUT2D eigenvalue weighted by atomic mass is 16.6. The predicted octanol–water partition coefficient (Wildman–Crippen LogP) is 3.47. The number of benzene rings is 1. The van der Waals surface area contributed by atoms with Crippen LogP contribution in [0.25, 0.3) is 0 Å². The number of carbonyl (C=O) groups is 5. The van der Waals surface area contributed by atoms with E-state index in [1.165, 1.54) is 0 Å². The first-order valence-corrected chi connectivity index (χ1v) is 16.9. The van der Waals surface area contributed by atoms with Crippen LogP contribution in [-0.4, -0.2) is 82.8 Å². The number of rotatable bonds is 15. The first-order chi connectivity index (χ1) is 22.8. The molecule has 2 aromatic rings. The first kappa shape index (κ1) is 36.5. The monoisotopic (exact) mass is 662 g/mol. The SMILES string of the molecule is CC(C)C[C@H](NC(=O)N1CCC(C(=O)Nc2ccncc2)CC1)C(=O)N[C@@H](Cc1ccccc1)C(=O)N[C@@H](CC(C)C)C(=O)[C@@]1(C)CO1. The Labute approximate surface area is 283 Å². The molecule has 2 saturated heterocycles. The van der Waals surface area contributed by atoms with Gasteiger partial charge in [-0.15, -0.1) is 0 Å². The Bertz CT molecular complexity index is 1410. The third kappa shape index (κ3) is 10.6. The maximum Gasteiger partial charge on any atom is 0.318 e. The molecule has 2 aliphatic rings. The summed E-state index contributed by atoms with van der Waals surface area (Å²) in [6, 6.07) is 9.73. The van der Waals surface area contributed by atoms with Crippen molar-refractivity contribution in [1.82, 2.24) is 25.8 Å². The maximum atomic E-state index is 13.8. The van der Waals surface area contributed by atoms with Gasteiger partial charge in [-0.05, 0) is 62.1 Å². The Morgan fingerprint density at radius 3 is 1.98 bits per heavy atom. The molecule has 0 radical (unpaired) electrons. The number of ketones is 1. The van der Waals surface area contributed by atoms with Crippen LogP contribution in [0.1, 0.15) is 65.9 Å². The summed E-state index contributed by atoms with van der Waals surface area (Å²) in [4.78, 5) is 72.6. The average molecular weight is 663 g/mol. The second kappa shape index (κ2) is 16.7. The highest BCUT2D eigenvalue weighted by Gasteiger charge is 2.50. The molecule has 12 nitrogen and oxygen atoms in total. The first-order valence-electron chi connectivity index (χ1n) is 16.9.